The van der Waals surface area contributed by atoms with Gasteiger partial charge in [-0.3, -0.25) is 14.5 Å². The Balaban J connectivity index is 1.16. The summed E-state index contributed by atoms with van der Waals surface area (Å²) in [6.45, 7) is 4.40. The largest absolute Gasteiger partial charge is 0.484 e. The number of fused-ring (bicyclic) bond motifs is 1. The van der Waals surface area contributed by atoms with Crippen LogP contribution < -0.4 is 15.0 Å². The summed E-state index contributed by atoms with van der Waals surface area (Å²) in [5.74, 6) is -2.75. The number of nitrogens with one attached hydrogen (secondary N) is 1. The van der Waals surface area contributed by atoms with Gasteiger partial charge in [0.1, 0.15) is 17.7 Å². The van der Waals surface area contributed by atoms with E-state index < -0.39 is 42.7 Å². The van der Waals surface area contributed by atoms with Gasteiger partial charge in [-0.1, -0.05) is 29.8 Å². The Hall–Kier alpha value is -4.51. The summed E-state index contributed by atoms with van der Waals surface area (Å²) >= 11 is 6.52. The third-order valence-electron chi connectivity index (χ3n) is 7.24. The van der Waals surface area contributed by atoms with Gasteiger partial charge in [0, 0.05) is 41.9 Å². The van der Waals surface area contributed by atoms with Crippen molar-refractivity contribution in [1.29, 1.82) is 0 Å². The molecule has 3 amide bonds. The molecule has 5 rings (SSSR count). The quantitative estimate of drug-likeness (QED) is 0.314. The highest BCUT2D eigenvalue weighted by molar-refractivity contribution is 6.32. The molecule has 1 aromatic heterocycles. The van der Waals surface area contributed by atoms with Gasteiger partial charge in [-0.05, 0) is 73.9 Å². The molecule has 1 atom stereocenters. The van der Waals surface area contributed by atoms with Crippen LogP contribution in [0.2, 0.25) is 5.02 Å². The van der Waals surface area contributed by atoms with Crippen molar-refractivity contribution in [1.82, 2.24) is 15.2 Å². The number of amides is 3. The highest BCUT2D eigenvalue weighted by atomic mass is 35.5. The second-order valence-electron chi connectivity index (χ2n) is 11.8. The lowest BCUT2D eigenvalue weighted by molar-refractivity contribution is -0.116. The number of carbonyl (C=O) groups excluding carboxylic acids is 2. The minimum atomic E-state index is -2.82. The summed E-state index contributed by atoms with van der Waals surface area (Å²) in [6.07, 6.45) is 3.55. The van der Waals surface area contributed by atoms with Crippen LogP contribution in [0.1, 0.15) is 42.3 Å². The van der Waals surface area contributed by atoms with Crippen LogP contribution in [-0.4, -0.2) is 63.6 Å². The number of pyridine rings is 1. The number of likely N-dealkylation sites (tertiary alicyclic amines) is 1. The number of hydrogen-bond acceptors (Lipinski definition) is 5. The summed E-state index contributed by atoms with van der Waals surface area (Å²) in [5, 5.41) is 12.7. The number of rotatable bonds is 7. The van der Waals surface area contributed by atoms with E-state index in [1.165, 1.54) is 17.2 Å². The lowest BCUT2D eigenvalue weighted by Crippen LogP contribution is -2.58. The van der Waals surface area contributed by atoms with Crippen molar-refractivity contribution in [2.45, 2.75) is 51.3 Å². The normalized spacial score (nSPS) is 17.0. The Morgan fingerprint density at radius 3 is 2.43 bits per heavy atom. The average Bonchev–Trinajstić information content (AvgIpc) is 3.37. The molecule has 2 aliphatic heterocycles. The first kappa shape index (κ1) is 30.9. The molecule has 0 bridgehead atoms. The van der Waals surface area contributed by atoms with Crippen molar-refractivity contribution >= 4 is 35.3 Å². The number of nitrogens with zero attached hydrogens (tertiary/aromatic N) is 3. The van der Waals surface area contributed by atoms with Crippen LogP contribution in [0.4, 0.5) is 19.4 Å². The van der Waals surface area contributed by atoms with E-state index in [1.807, 2.05) is 6.07 Å². The maximum absolute atomic E-state index is 13.1. The first-order valence-corrected chi connectivity index (χ1v) is 14.3. The zero-order valence-corrected chi connectivity index (χ0v) is 25.1. The Bertz CT molecular complexity index is 1610. The standard InChI is InChI=1S/C32H31ClF2N4O5/c1-31(2,3)39(30(42)43)26-10-4-19(15-36-26)16-37-27(40)11-9-24-13-23-12-22(14-25(33)28(23)44-24)20-5-7-21(8-6-20)29(41)38-17-32(34,35)18-38/h4-12,14-15,24H,13,16-18H2,1-3H3,(H,37,40)(H,42,43)/b11-9+. The molecule has 12 heteroatoms. The summed E-state index contributed by atoms with van der Waals surface area (Å²) < 4.78 is 32.2. The number of alkyl halides is 2. The fraction of sp³-hybridized carbons (Fsp3) is 0.312. The van der Waals surface area contributed by atoms with Crippen LogP contribution in [-0.2, 0) is 17.8 Å². The van der Waals surface area contributed by atoms with E-state index in [-0.39, 0.29) is 12.5 Å². The highest BCUT2D eigenvalue weighted by Crippen LogP contribution is 2.40. The van der Waals surface area contributed by atoms with Gasteiger partial charge in [0.2, 0.25) is 5.91 Å². The predicted molar refractivity (Wildman–Crippen MR) is 161 cm³/mol. The maximum atomic E-state index is 13.1. The number of hydrogen-bond donors (Lipinski definition) is 2. The third-order valence-corrected chi connectivity index (χ3v) is 7.52. The molecule has 1 fully saturated rings. The zero-order valence-electron chi connectivity index (χ0n) is 24.3. The van der Waals surface area contributed by atoms with Gasteiger partial charge >= 0.3 is 6.09 Å². The van der Waals surface area contributed by atoms with Gasteiger partial charge in [-0.25, -0.2) is 18.6 Å². The molecule has 3 aromatic rings. The van der Waals surface area contributed by atoms with Crippen LogP contribution in [0.25, 0.3) is 11.1 Å². The zero-order chi connectivity index (χ0) is 31.8. The predicted octanol–water partition coefficient (Wildman–Crippen LogP) is 5.95. The molecule has 0 saturated carbocycles. The molecule has 230 valence electrons. The van der Waals surface area contributed by atoms with Crippen molar-refractivity contribution in [2.24, 2.45) is 0 Å². The molecule has 0 radical (unpaired) electrons. The number of carbonyl (C=O) groups is 3. The van der Waals surface area contributed by atoms with Gasteiger partial charge in [0.15, 0.2) is 0 Å². The van der Waals surface area contributed by atoms with Crippen molar-refractivity contribution in [2.75, 3.05) is 18.0 Å². The Kier molecular flexibility index (Phi) is 8.35. The van der Waals surface area contributed by atoms with Gasteiger partial charge in [0.05, 0.1) is 18.1 Å². The second-order valence-corrected chi connectivity index (χ2v) is 12.2. The summed E-state index contributed by atoms with van der Waals surface area (Å²) in [7, 11) is 0. The van der Waals surface area contributed by atoms with E-state index in [0.29, 0.717) is 34.1 Å². The Morgan fingerprint density at radius 2 is 1.84 bits per heavy atom. The molecule has 1 saturated heterocycles. The monoisotopic (exact) mass is 624 g/mol. The molecular formula is C32H31ClF2N4O5. The van der Waals surface area contributed by atoms with Crippen molar-refractivity contribution in [3.8, 4) is 16.9 Å². The van der Waals surface area contributed by atoms with E-state index >= 15 is 0 Å². The first-order chi connectivity index (χ1) is 20.7. The van der Waals surface area contributed by atoms with Gasteiger partial charge in [-0.2, -0.15) is 0 Å². The van der Waals surface area contributed by atoms with E-state index in [0.717, 1.165) is 21.6 Å². The SMILES string of the molecule is CC(C)(C)N(C(=O)O)c1ccc(CNC(=O)/C=C/C2Cc3cc(-c4ccc(C(=O)N5CC(F)(F)C5)cc4)cc(Cl)c3O2)cn1. The highest BCUT2D eigenvalue weighted by Gasteiger charge is 2.46. The van der Waals surface area contributed by atoms with Gasteiger partial charge in [0.25, 0.3) is 11.8 Å². The molecule has 0 spiro atoms. The van der Waals surface area contributed by atoms with Crippen molar-refractivity contribution in [3.63, 3.8) is 0 Å². The van der Waals surface area contributed by atoms with E-state index in [4.69, 9.17) is 16.3 Å². The summed E-state index contributed by atoms with van der Waals surface area (Å²) in [5.41, 5.74) is 2.85. The van der Waals surface area contributed by atoms with Crippen molar-refractivity contribution in [3.05, 3.63) is 88.6 Å². The smallest absolute Gasteiger partial charge is 0.413 e. The molecule has 44 heavy (non-hydrogen) atoms. The number of aromatic nitrogens is 1. The van der Waals surface area contributed by atoms with E-state index in [9.17, 15) is 28.3 Å². The van der Waals surface area contributed by atoms with Crippen LogP contribution in [0.15, 0.2) is 66.9 Å². The first-order valence-electron chi connectivity index (χ1n) is 13.9. The summed E-state index contributed by atoms with van der Waals surface area (Å²) in [6, 6.07) is 13.7. The fourth-order valence-electron chi connectivity index (χ4n) is 5.09. The Labute approximate surface area is 258 Å². The average molecular weight is 625 g/mol. The lowest BCUT2D eigenvalue weighted by atomic mass is 9.99. The van der Waals surface area contributed by atoms with Crippen molar-refractivity contribution < 1.29 is 33.0 Å². The molecular weight excluding hydrogens is 594 g/mol. The molecule has 2 N–H and O–H groups in total. The van der Waals surface area contributed by atoms with E-state index in [2.05, 4.69) is 10.3 Å². The third kappa shape index (κ3) is 6.83. The van der Waals surface area contributed by atoms with E-state index in [1.54, 1.807) is 69.3 Å². The van der Waals surface area contributed by atoms with Crippen LogP contribution in [0, 0.1) is 0 Å². The van der Waals surface area contributed by atoms with Crippen LogP contribution in [0.3, 0.4) is 0 Å². The molecule has 2 aromatic carbocycles. The fourth-order valence-corrected chi connectivity index (χ4v) is 5.37. The number of carboxylic acid groups (broad SMARTS) is 1. The van der Waals surface area contributed by atoms with Crippen LogP contribution in [0.5, 0.6) is 5.75 Å². The van der Waals surface area contributed by atoms with Gasteiger partial charge < -0.3 is 20.1 Å². The Morgan fingerprint density at radius 1 is 1.14 bits per heavy atom. The molecule has 0 aliphatic carbocycles. The minimum Gasteiger partial charge on any atom is -0.484 e. The van der Waals surface area contributed by atoms with Gasteiger partial charge in [-0.15, -0.1) is 0 Å². The topological polar surface area (TPSA) is 112 Å². The number of halogens is 3. The second kappa shape index (κ2) is 11.9. The number of anilines is 1. The number of ether oxygens (including phenoxy) is 1. The molecule has 9 nitrogen and oxygen atoms in total. The summed E-state index contributed by atoms with van der Waals surface area (Å²) in [4.78, 5) is 43.1. The lowest BCUT2D eigenvalue weighted by Gasteiger charge is -2.38. The number of benzene rings is 2. The molecule has 3 heterocycles. The van der Waals surface area contributed by atoms with Crippen LogP contribution >= 0.6 is 11.6 Å². The molecule has 1 unspecified atom stereocenters. The molecule has 2 aliphatic rings. The maximum Gasteiger partial charge on any atom is 0.413 e. The minimum absolute atomic E-state index is 0.203.